The summed E-state index contributed by atoms with van der Waals surface area (Å²) in [5, 5.41) is 16.6. The molecule has 0 heterocycles. The third kappa shape index (κ3) is 4.58. The van der Waals surface area contributed by atoms with Crippen molar-refractivity contribution in [3.63, 3.8) is 0 Å². The first-order valence-corrected chi connectivity index (χ1v) is 9.87. The number of nitrogens with one attached hydrogen (secondary N) is 2. The normalized spacial score (nSPS) is 11.0. The molecule has 0 aliphatic heterocycles. The molecule has 150 valence electrons. The summed E-state index contributed by atoms with van der Waals surface area (Å²) in [6.45, 7) is 3.61. The number of hydrogen-bond donors (Lipinski definition) is 2. The Morgan fingerprint density at radius 3 is 2.54 bits per heavy atom. The number of aryl methyl sites for hydroxylation is 1. The number of anilines is 1. The molecule has 0 bridgehead atoms. The van der Waals surface area contributed by atoms with Gasteiger partial charge in [0.25, 0.3) is 5.69 Å². The van der Waals surface area contributed by atoms with Crippen LogP contribution in [0.15, 0.2) is 46.2 Å². The Kier molecular flexibility index (Phi) is 6.57. The molecule has 9 nitrogen and oxygen atoms in total. The van der Waals surface area contributed by atoms with Gasteiger partial charge in [-0.2, -0.15) is 0 Å². The fourth-order valence-electron chi connectivity index (χ4n) is 2.51. The lowest BCUT2D eigenvalue weighted by Gasteiger charge is -2.14. The van der Waals surface area contributed by atoms with Crippen LogP contribution in [0, 0.1) is 17.0 Å². The van der Waals surface area contributed by atoms with Crippen LogP contribution < -0.4 is 15.4 Å². The Balaban J connectivity index is 2.53. The van der Waals surface area contributed by atoms with Gasteiger partial charge in [0.2, 0.25) is 15.7 Å². The van der Waals surface area contributed by atoms with Crippen molar-refractivity contribution in [2.45, 2.75) is 23.6 Å². The van der Waals surface area contributed by atoms with Crippen LogP contribution >= 0.6 is 0 Å². The largest absolute Gasteiger partial charge is 0.497 e. The molecule has 2 aromatic rings. The maximum atomic E-state index is 13.2. The van der Waals surface area contributed by atoms with Crippen molar-refractivity contribution in [3.8, 4) is 5.75 Å². The molecule has 10 heteroatoms. The molecule has 2 rings (SSSR count). The number of methoxy groups -OCH3 is 1. The lowest BCUT2D eigenvalue weighted by atomic mass is 10.2. The molecule has 2 aromatic carbocycles. The van der Waals surface area contributed by atoms with Gasteiger partial charge in [0.15, 0.2) is 0 Å². The summed E-state index contributed by atoms with van der Waals surface area (Å²) >= 11 is 0. The van der Waals surface area contributed by atoms with Crippen molar-refractivity contribution >= 4 is 27.1 Å². The summed E-state index contributed by atoms with van der Waals surface area (Å²) in [6.07, 6.45) is 0. The van der Waals surface area contributed by atoms with E-state index in [1.807, 2.05) is 0 Å². The van der Waals surface area contributed by atoms with Crippen LogP contribution in [0.3, 0.4) is 0 Å². The van der Waals surface area contributed by atoms with Crippen LogP contribution in [0.4, 0.5) is 11.4 Å². The van der Waals surface area contributed by atoms with Gasteiger partial charge in [-0.05, 0) is 32.0 Å². The van der Waals surface area contributed by atoms with Gasteiger partial charge in [-0.25, -0.2) is 8.42 Å². The summed E-state index contributed by atoms with van der Waals surface area (Å²) in [4.78, 5) is 21.9. The molecule has 1 amide bonds. The van der Waals surface area contributed by atoms with E-state index in [4.69, 9.17) is 4.74 Å². The zero-order valence-corrected chi connectivity index (χ0v) is 16.5. The third-order valence-electron chi connectivity index (χ3n) is 3.98. The minimum Gasteiger partial charge on any atom is -0.497 e. The van der Waals surface area contributed by atoms with E-state index in [-0.39, 0.29) is 33.6 Å². The van der Waals surface area contributed by atoms with Crippen molar-refractivity contribution in [3.05, 3.63) is 52.1 Å². The number of nitrogens with zero attached hydrogens (tertiary/aromatic N) is 1. The SMILES string of the molecule is CCNC(=O)CNc1ccc(OC)cc1S(=O)(=O)c1ccc(C)c([N+](=O)[O-])c1. The number of likely N-dealkylation sites (N-methyl/N-ethyl adjacent to an activating group) is 1. The smallest absolute Gasteiger partial charge is 0.273 e. The van der Waals surface area contributed by atoms with Crippen LogP contribution in [0.25, 0.3) is 0 Å². The highest BCUT2D eigenvalue weighted by molar-refractivity contribution is 7.91. The van der Waals surface area contributed by atoms with Gasteiger partial charge in [-0.3, -0.25) is 14.9 Å². The van der Waals surface area contributed by atoms with E-state index in [2.05, 4.69) is 10.6 Å². The number of carbonyl (C=O) groups excluding carboxylic acids is 1. The Hall–Kier alpha value is -3.14. The third-order valence-corrected chi connectivity index (χ3v) is 5.77. The van der Waals surface area contributed by atoms with E-state index in [1.165, 1.54) is 38.3 Å². The van der Waals surface area contributed by atoms with Crippen molar-refractivity contribution in [2.24, 2.45) is 0 Å². The maximum absolute atomic E-state index is 13.2. The fourth-order valence-corrected chi connectivity index (χ4v) is 3.98. The molecule has 0 spiro atoms. The molecule has 0 aliphatic rings. The van der Waals surface area contributed by atoms with Crippen molar-refractivity contribution in [2.75, 3.05) is 25.5 Å². The second-order valence-electron chi connectivity index (χ2n) is 5.88. The minimum absolute atomic E-state index is 0.128. The van der Waals surface area contributed by atoms with Crippen molar-refractivity contribution < 1.29 is 22.9 Å². The predicted octanol–water partition coefficient (Wildman–Crippen LogP) is 2.29. The van der Waals surface area contributed by atoms with Gasteiger partial charge in [0.1, 0.15) is 5.75 Å². The zero-order chi connectivity index (χ0) is 20.9. The van der Waals surface area contributed by atoms with Crippen LogP contribution in [0.5, 0.6) is 5.75 Å². The highest BCUT2D eigenvalue weighted by Crippen LogP contribution is 2.33. The highest BCUT2D eigenvalue weighted by atomic mass is 32.2. The van der Waals surface area contributed by atoms with Gasteiger partial charge in [0.05, 0.1) is 34.1 Å². The molecule has 0 saturated carbocycles. The molecule has 0 fully saturated rings. The summed E-state index contributed by atoms with van der Waals surface area (Å²) in [5.41, 5.74) is 0.250. The van der Waals surface area contributed by atoms with Gasteiger partial charge >= 0.3 is 0 Å². The van der Waals surface area contributed by atoms with E-state index in [0.29, 0.717) is 17.9 Å². The Morgan fingerprint density at radius 1 is 1.21 bits per heavy atom. The topological polar surface area (TPSA) is 128 Å². The van der Waals surface area contributed by atoms with Crippen LogP contribution in [-0.2, 0) is 14.6 Å². The maximum Gasteiger partial charge on any atom is 0.273 e. The summed E-state index contributed by atoms with van der Waals surface area (Å²) in [7, 11) is -2.72. The molecule has 0 saturated heterocycles. The number of sulfone groups is 1. The fraction of sp³-hybridized carbons (Fsp3) is 0.278. The zero-order valence-electron chi connectivity index (χ0n) is 15.7. The Bertz CT molecular complexity index is 1000. The second kappa shape index (κ2) is 8.70. The van der Waals surface area contributed by atoms with Gasteiger partial charge in [-0.15, -0.1) is 0 Å². The number of amides is 1. The van der Waals surface area contributed by atoms with E-state index in [9.17, 15) is 23.3 Å². The summed E-state index contributed by atoms with van der Waals surface area (Å²) < 4.78 is 31.4. The Morgan fingerprint density at radius 2 is 1.93 bits per heavy atom. The molecular formula is C18H21N3O6S. The van der Waals surface area contributed by atoms with E-state index in [1.54, 1.807) is 13.0 Å². The van der Waals surface area contributed by atoms with Crippen molar-refractivity contribution in [1.29, 1.82) is 0 Å². The molecular weight excluding hydrogens is 386 g/mol. The summed E-state index contributed by atoms with van der Waals surface area (Å²) in [6, 6.07) is 8.06. The number of ether oxygens (including phenoxy) is 1. The molecule has 2 N–H and O–H groups in total. The molecule has 28 heavy (non-hydrogen) atoms. The monoisotopic (exact) mass is 407 g/mol. The molecule has 0 unspecified atom stereocenters. The first-order valence-electron chi connectivity index (χ1n) is 8.39. The van der Waals surface area contributed by atoms with Gasteiger partial charge in [-0.1, -0.05) is 6.07 Å². The number of benzene rings is 2. The number of nitro groups is 1. The average Bonchev–Trinajstić information content (AvgIpc) is 2.66. The second-order valence-corrected chi connectivity index (χ2v) is 7.80. The number of carbonyl (C=O) groups is 1. The molecule has 0 atom stereocenters. The van der Waals surface area contributed by atoms with E-state index < -0.39 is 14.8 Å². The minimum atomic E-state index is -4.11. The first-order chi connectivity index (χ1) is 13.2. The quantitative estimate of drug-likeness (QED) is 0.507. The van der Waals surface area contributed by atoms with Gasteiger partial charge in [0, 0.05) is 24.2 Å². The molecule has 0 aromatic heterocycles. The first kappa shape index (κ1) is 21.2. The van der Waals surface area contributed by atoms with E-state index >= 15 is 0 Å². The number of hydrogen-bond acceptors (Lipinski definition) is 7. The molecule has 0 radical (unpaired) electrons. The lowest BCUT2D eigenvalue weighted by molar-refractivity contribution is -0.385. The molecule has 0 aliphatic carbocycles. The van der Waals surface area contributed by atoms with E-state index in [0.717, 1.165) is 6.07 Å². The van der Waals surface area contributed by atoms with Crippen LogP contribution in [0.2, 0.25) is 0 Å². The summed E-state index contributed by atoms with van der Waals surface area (Å²) in [5.74, 6) is -0.00335. The predicted molar refractivity (Wildman–Crippen MR) is 103 cm³/mol. The number of nitro benzene ring substituents is 1. The average molecular weight is 407 g/mol. The van der Waals surface area contributed by atoms with Crippen LogP contribution in [0.1, 0.15) is 12.5 Å². The Labute approximate surface area is 162 Å². The highest BCUT2D eigenvalue weighted by Gasteiger charge is 2.25. The lowest BCUT2D eigenvalue weighted by Crippen LogP contribution is -2.29. The van der Waals surface area contributed by atoms with Crippen molar-refractivity contribution in [1.82, 2.24) is 5.32 Å². The van der Waals surface area contributed by atoms with Crippen LogP contribution in [-0.4, -0.2) is 39.4 Å². The standard InChI is InChI=1S/C18H21N3O6S/c1-4-19-18(22)11-20-15-8-6-13(27-3)9-17(15)28(25,26)14-7-5-12(2)16(10-14)21(23)24/h5-10,20H,4,11H2,1-3H3,(H,19,22). The van der Waals surface area contributed by atoms with Gasteiger partial charge < -0.3 is 15.4 Å². The number of rotatable bonds is 8.